The molecule has 0 aromatic carbocycles. The highest BCUT2D eigenvalue weighted by atomic mass is 32.2. The minimum atomic E-state index is -3.93. The summed E-state index contributed by atoms with van der Waals surface area (Å²) in [6.45, 7) is 4.97. The molecule has 0 saturated heterocycles. The van der Waals surface area contributed by atoms with Gasteiger partial charge in [0, 0.05) is 0 Å². The molecule has 0 amide bonds. The van der Waals surface area contributed by atoms with Crippen LogP contribution in [0.3, 0.4) is 0 Å². The van der Waals surface area contributed by atoms with Crippen molar-refractivity contribution in [1.82, 2.24) is 0 Å². The molecule has 0 spiro atoms. The Bertz CT molecular complexity index is 317. The molecule has 5 nitrogen and oxygen atoms in total. The fourth-order valence-corrected chi connectivity index (χ4v) is 1.68. The maximum atomic E-state index is 10.9. The zero-order valence-corrected chi connectivity index (χ0v) is 10.0. The third kappa shape index (κ3) is 5.13. The molecule has 2 N–H and O–H groups in total. The second-order valence-corrected chi connectivity index (χ2v) is 5.93. The largest absolute Gasteiger partial charge is 0.481 e. The highest BCUT2D eigenvalue weighted by molar-refractivity contribution is 7.85. The van der Waals surface area contributed by atoms with E-state index >= 15 is 0 Å². The van der Waals surface area contributed by atoms with Crippen LogP contribution in [0.15, 0.2) is 0 Å². The van der Waals surface area contributed by atoms with Crippen molar-refractivity contribution in [2.45, 2.75) is 33.6 Å². The van der Waals surface area contributed by atoms with Crippen LogP contribution >= 0.6 is 0 Å². The number of carboxylic acids is 1. The quantitative estimate of drug-likeness (QED) is 0.682. The lowest BCUT2D eigenvalue weighted by atomic mass is 9.78. The Hall–Kier alpha value is -0.620. The van der Waals surface area contributed by atoms with E-state index in [0.29, 0.717) is 6.42 Å². The van der Waals surface area contributed by atoms with Crippen molar-refractivity contribution in [3.05, 3.63) is 0 Å². The van der Waals surface area contributed by atoms with Crippen molar-refractivity contribution < 1.29 is 22.9 Å². The summed E-state index contributed by atoms with van der Waals surface area (Å²) >= 11 is 0. The highest BCUT2D eigenvalue weighted by Crippen LogP contribution is 2.30. The Balaban J connectivity index is 4.16. The van der Waals surface area contributed by atoms with E-state index in [9.17, 15) is 13.2 Å². The van der Waals surface area contributed by atoms with Crippen molar-refractivity contribution >= 4 is 16.1 Å². The Morgan fingerprint density at radius 2 is 1.87 bits per heavy atom. The number of hydrogen-bond donors (Lipinski definition) is 2. The molecule has 0 radical (unpaired) electrons. The van der Waals surface area contributed by atoms with E-state index in [1.807, 2.05) is 0 Å². The molecular formula is C9H18O5S. The molecule has 1 atom stereocenters. The molecule has 0 rings (SSSR count). The van der Waals surface area contributed by atoms with Crippen LogP contribution in [0.5, 0.6) is 0 Å². The molecule has 15 heavy (non-hydrogen) atoms. The van der Waals surface area contributed by atoms with Crippen LogP contribution in [-0.2, 0) is 14.9 Å². The number of carbonyl (C=O) groups is 1. The molecule has 1 unspecified atom stereocenters. The molecule has 0 aliphatic heterocycles. The first-order chi connectivity index (χ1) is 6.57. The van der Waals surface area contributed by atoms with E-state index in [4.69, 9.17) is 9.66 Å². The second kappa shape index (κ2) is 4.94. The Labute approximate surface area is 90.2 Å². The molecule has 6 heteroatoms. The van der Waals surface area contributed by atoms with Crippen LogP contribution in [0.2, 0.25) is 0 Å². The maximum Gasteiger partial charge on any atom is 0.309 e. The lowest BCUT2D eigenvalue weighted by Gasteiger charge is -2.26. The second-order valence-electron chi connectivity index (χ2n) is 4.36. The van der Waals surface area contributed by atoms with Crippen LogP contribution in [-0.4, -0.2) is 29.8 Å². The zero-order chi connectivity index (χ0) is 12.3. The van der Waals surface area contributed by atoms with E-state index in [1.54, 1.807) is 20.8 Å². The smallest absolute Gasteiger partial charge is 0.309 e. The summed E-state index contributed by atoms with van der Waals surface area (Å²) in [4.78, 5) is 10.9. The van der Waals surface area contributed by atoms with Crippen LogP contribution in [0, 0.1) is 11.3 Å². The third-order valence-corrected chi connectivity index (χ3v) is 3.63. The van der Waals surface area contributed by atoms with Crippen molar-refractivity contribution in [3.8, 4) is 0 Å². The molecule has 0 aromatic rings. The van der Waals surface area contributed by atoms with E-state index in [-0.39, 0.29) is 18.1 Å². The number of aliphatic carboxylic acids is 1. The predicted octanol–water partition coefficient (Wildman–Crippen LogP) is 1.40. The lowest BCUT2D eigenvalue weighted by molar-refractivity contribution is -0.149. The zero-order valence-electron chi connectivity index (χ0n) is 9.23. The summed E-state index contributed by atoms with van der Waals surface area (Å²) in [5, 5.41) is 8.90. The summed E-state index contributed by atoms with van der Waals surface area (Å²) in [7, 11) is -3.93. The van der Waals surface area contributed by atoms with Crippen LogP contribution in [0.4, 0.5) is 0 Å². The van der Waals surface area contributed by atoms with Crippen molar-refractivity contribution in [2.24, 2.45) is 11.3 Å². The predicted molar refractivity (Wildman–Crippen MR) is 56.2 cm³/mol. The van der Waals surface area contributed by atoms with Crippen molar-refractivity contribution in [1.29, 1.82) is 0 Å². The standard InChI is InChI=1S/C9H18O5S/c1-7(9(2,3)8(10)11)5-4-6-15(12,13)14/h7H,4-6H2,1-3H3,(H,10,11)(H,12,13,14). The SMILES string of the molecule is CC(CCCS(=O)(=O)O)C(C)(C)C(=O)O. The van der Waals surface area contributed by atoms with Gasteiger partial charge >= 0.3 is 5.97 Å². The Morgan fingerprint density at radius 1 is 1.40 bits per heavy atom. The van der Waals surface area contributed by atoms with Gasteiger partial charge in [-0.25, -0.2) is 0 Å². The number of hydrogen-bond acceptors (Lipinski definition) is 3. The molecule has 0 bridgehead atoms. The molecule has 0 saturated carbocycles. The fourth-order valence-electron chi connectivity index (χ4n) is 1.14. The van der Waals surface area contributed by atoms with E-state index < -0.39 is 21.5 Å². The Kier molecular flexibility index (Phi) is 4.73. The molecule has 0 aromatic heterocycles. The molecular weight excluding hydrogens is 220 g/mol. The van der Waals surface area contributed by atoms with Crippen LogP contribution in [0.1, 0.15) is 33.6 Å². The summed E-state index contributed by atoms with van der Waals surface area (Å²) < 4.78 is 29.4. The molecule has 0 aliphatic carbocycles. The summed E-state index contributed by atoms with van der Waals surface area (Å²) in [6, 6.07) is 0. The van der Waals surface area contributed by atoms with Gasteiger partial charge in [-0.3, -0.25) is 9.35 Å². The number of rotatable bonds is 6. The average Bonchev–Trinajstić information content (AvgIpc) is 2.01. The van der Waals surface area contributed by atoms with E-state index in [1.165, 1.54) is 0 Å². The van der Waals surface area contributed by atoms with Gasteiger partial charge in [0.2, 0.25) is 0 Å². The fraction of sp³-hybridized carbons (Fsp3) is 0.889. The maximum absolute atomic E-state index is 10.9. The van der Waals surface area contributed by atoms with Gasteiger partial charge in [-0.15, -0.1) is 0 Å². The normalized spacial score (nSPS) is 14.9. The summed E-state index contributed by atoms with van der Waals surface area (Å²) in [5.41, 5.74) is -0.876. The van der Waals surface area contributed by atoms with Gasteiger partial charge in [0.05, 0.1) is 11.2 Å². The minimum Gasteiger partial charge on any atom is -0.481 e. The van der Waals surface area contributed by atoms with Gasteiger partial charge in [-0.2, -0.15) is 8.42 Å². The average molecular weight is 238 g/mol. The molecule has 0 aliphatic rings. The van der Waals surface area contributed by atoms with E-state index in [2.05, 4.69) is 0 Å². The van der Waals surface area contributed by atoms with Crippen LogP contribution < -0.4 is 0 Å². The minimum absolute atomic E-state index is 0.142. The number of carboxylic acid groups (broad SMARTS) is 1. The molecule has 0 heterocycles. The Morgan fingerprint density at radius 3 is 2.20 bits per heavy atom. The van der Waals surface area contributed by atoms with Crippen LogP contribution in [0.25, 0.3) is 0 Å². The first-order valence-electron chi connectivity index (χ1n) is 4.76. The first kappa shape index (κ1) is 14.4. The topological polar surface area (TPSA) is 91.7 Å². The van der Waals surface area contributed by atoms with Gasteiger partial charge in [0.15, 0.2) is 0 Å². The molecule has 90 valence electrons. The van der Waals surface area contributed by atoms with Gasteiger partial charge in [-0.1, -0.05) is 6.92 Å². The highest BCUT2D eigenvalue weighted by Gasteiger charge is 2.33. The summed E-state index contributed by atoms with van der Waals surface area (Å²) in [6.07, 6.45) is 0.732. The third-order valence-electron chi connectivity index (χ3n) is 2.82. The van der Waals surface area contributed by atoms with Crippen molar-refractivity contribution in [2.75, 3.05) is 5.75 Å². The van der Waals surface area contributed by atoms with Gasteiger partial charge < -0.3 is 5.11 Å². The monoisotopic (exact) mass is 238 g/mol. The molecule has 0 fully saturated rings. The van der Waals surface area contributed by atoms with Gasteiger partial charge in [-0.05, 0) is 32.6 Å². The van der Waals surface area contributed by atoms with E-state index in [0.717, 1.165) is 0 Å². The van der Waals surface area contributed by atoms with Crippen molar-refractivity contribution in [3.63, 3.8) is 0 Å². The van der Waals surface area contributed by atoms with Gasteiger partial charge in [0.1, 0.15) is 0 Å². The summed E-state index contributed by atoms with van der Waals surface area (Å²) in [5.74, 6) is -1.36. The lowest BCUT2D eigenvalue weighted by Crippen LogP contribution is -2.31. The van der Waals surface area contributed by atoms with Gasteiger partial charge in [0.25, 0.3) is 10.1 Å². The first-order valence-corrected chi connectivity index (χ1v) is 6.37.